The summed E-state index contributed by atoms with van der Waals surface area (Å²) < 4.78 is 28.3. The fraction of sp³-hybridized carbons (Fsp3) is 0.455. The molecular weight excluding hydrogens is 224 g/mol. The lowest BCUT2D eigenvalue weighted by atomic mass is 10.1. The van der Waals surface area contributed by atoms with Gasteiger partial charge in [-0.15, -0.1) is 0 Å². The molecule has 0 heterocycles. The third-order valence-corrected chi connectivity index (χ3v) is 3.13. The molecule has 0 aliphatic carbocycles. The number of rotatable bonds is 3. The molecule has 0 amide bonds. The van der Waals surface area contributed by atoms with Gasteiger partial charge < -0.3 is 0 Å². The smallest absolute Gasteiger partial charge is 0.271 e. The molecule has 0 saturated heterocycles. The summed E-state index contributed by atoms with van der Waals surface area (Å²) in [7, 11) is -3.51. The fourth-order valence-electron chi connectivity index (χ4n) is 1.21. The fourth-order valence-corrected chi connectivity index (χ4v) is 2.51. The average molecular weight is 242 g/mol. The molecule has 90 valence electrons. The van der Waals surface area contributed by atoms with Crippen LogP contribution in [-0.4, -0.2) is 14.0 Å². The highest BCUT2D eigenvalue weighted by Crippen LogP contribution is 2.11. The maximum Gasteiger partial charge on any atom is 0.299 e. The van der Waals surface area contributed by atoms with Gasteiger partial charge in [-0.3, -0.25) is 4.72 Å². The standard InChI is InChI=1S/C11H18N2O2S/c1-9-5-7-10(8-6-9)12-16(14,15)13-11(2,3)4/h5-8,12-13H,1-4H3. The van der Waals surface area contributed by atoms with Crippen molar-refractivity contribution in [3.05, 3.63) is 29.8 Å². The number of hydrogen-bond donors (Lipinski definition) is 2. The Morgan fingerprint density at radius 3 is 2.00 bits per heavy atom. The molecule has 4 nitrogen and oxygen atoms in total. The molecule has 0 fully saturated rings. The predicted octanol–water partition coefficient (Wildman–Crippen LogP) is 2.04. The molecule has 0 unspecified atom stereocenters. The van der Waals surface area contributed by atoms with E-state index in [0.717, 1.165) is 5.56 Å². The van der Waals surface area contributed by atoms with Crippen molar-refractivity contribution in [2.24, 2.45) is 0 Å². The molecule has 1 rings (SSSR count). The van der Waals surface area contributed by atoms with Crippen molar-refractivity contribution < 1.29 is 8.42 Å². The van der Waals surface area contributed by atoms with Crippen molar-refractivity contribution in [2.45, 2.75) is 33.2 Å². The van der Waals surface area contributed by atoms with E-state index >= 15 is 0 Å². The Balaban J connectivity index is 2.77. The summed E-state index contributed by atoms with van der Waals surface area (Å²) in [6.07, 6.45) is 0. The van der Waals surface area contributed by atoms with Gasteiger partial charge in [0.1, 0.15) is 0 Å². The summed E-state index contributed by atoms with van der Waals surface area (Å²) in [5.41, 5.74) is 1.16. The van der Waals surface area contributed by atoms with Gasteiger partial charge in [0.15, 0.2) is 0 Å². The summed E-state index contributed by atoms with van der Waals surface area (Å²) in [4.78, 5) is 0. The molecule has 1 aromatic carbocycles. The Bertz CT molecular complexity index is 444. The second-order valence-electron chi connectivity index (χ2n) is 4.82. The summed E-state index contributed by atoms with van der Waals surface area (Å²) >= 11 is 0. The van der Waals surface area contributed by atoms with E-state index in [2.05, 4.69) is 9.44 Å². The second-order valence-corrected chi connectivity index (χ2v) is 6.24. The minimum atomic E-state index is -3.51. The first kappa shape index (κ1) is 13.0. The van der Waals surface area contributed by atoms with Gasteiger partial charge in [0, 0.05) is 11.2 Å². The highest BCUT2D eigenvalue weighted by atomic mass is 32.2. The van der Waals surface area contributed by atoms with Gasteiger partial charge in [0.25, 0.3) is 10.2 Å². The zero-order chi connectivity index (χ0) is 12.4. The van der Waals surface area contributed by atoms with Crippen LogP contribution in [0.5, 0.6) is 0 Å². The number of aryl methyl sites for hydroxylation is 1. The molecule has 0 aliphatic rings. The van der Waals surface area contributed by atoms with E-state index in [1.807, 2.05) is 19.1 Å². The Morgan fingerprint density at radius 2 is 1.56 bits per heavy atom. The third-order valence-electron chi connectivity index (χ3n) is 1.74. The average Bonchev–Trinajstić information content (AvgIpc) is 2.04. The zero-order valence-corrected chi connectivity index (χ0v) is 10.9. The van der Waals surface area contributed by atoms with E-state index < -0.39 is 15.7 Å². The van der Waals surface area contributed by atoms with Crippen molar-refractivity contribution in [3.63, 3.8) is 0 Å². The van der Waals surface area contributed by atoms with Crippen molar-refractivity contribution in [2.75, 3.05) is 4.72 Å². The van der Waals surface area contributed by atoms with Crippen molar-refractivity contribution in [1.29, 1.82) is 0 Å². The highest BCUT2D eigenvalue weighted by Gasteiger charge is 2.19. The van der Waals surface area contributed by atoms with E-state index in [1.165, 1.54) is 0 Å². The maximum absolute atomic E-state index is 11.7. The van der Waals surface area contributed by atoms with Crippen LogP contribution in [0, 0.1) is 6.92 Å². The summed E-state index contributed by atoms with van der Waals surface area (Å²) in [5.74, 6) is 0. The monoisotopic (exact) mass is 242 g/mol. The molecule has 0 aromatic heterocycles. The Labute approximate surface area is 97.3 Å². The highest BCUT2D eigenvalue weighted by molar-refractivity contribution is 7.90. The largest absolute Gasteiger partial charge is 0.299 e. The van der Waals surface area contributed by atoms with Crippen LogP contribution >= 0.6 is 0 Å². The summed E-state index contributed by atoms with van der Waals surface area (Å²) in [6, 6.07) is 7.18. The van der Waals surface area contributed by atoms with Crippen LogP contribution in [0.3, 0.4) is 0 Å². The van der Waals surface area contributed by atoms with E-state index in [9.17, 15) is 8.42 Å². The van der Waals surface area contributed by atoms with Gasteiger partial charge in [0.2, 0.25) is 0 Å². The van der Waals surface area contributed by atoms with E-state index in [4.69, 9.17) is 0 Å². The molecule has 0 atom stereocenters. The van der Waals surface area contributed by atoms with Crippen molar-refractivity contribution >= 4 is 15.9 Å². The van der Waals surface area contributed by atoms with Gasteiger partial charge in [-0.25, -0.2) is 0 Å². The Morgan fingerprint density at radius 1 is 1.06 bits per heavy atom. The second kappa shape index (κ2) is 4.43. The molecule has 0 bridgehead atoms. The lowest BCUT2D eigenvalue weighted by molar-refractivity contribution is 0.494. The number of benzene rings is 1. The van der Waals surface area contributed by atoms with E-state index in [0.29, 0.717) is 5.69 Å². The number of anilines is 1. The van der Waals surface area contributed by atoms with Crippen LogP contribution in [-0.2, 0) is 10.2 Å². The first-order chi connectivity index (χ1) is 7.18. The summed E-state index contributed by atoms with van der Waals surface area (Å²) in [6.45, 7) is 7.33. The van der Waals surface area contributed by atoms with Crippen molar-refractivity contribution in [3.8, 4) is 0 Å². The normalized spacial score (nSPS) is 12.5. The first-order valence-corrected chi connectivity index (χ1v) is 6.55. The minimum absolute atomic E-state index is 0.490. The molecule has 1 aromatic rings. The summed E-state index contributed by atoms with van der Waals surface area (Å²) in [5, 5.41) is 0. The Hall–Kier alpha value is -1.07. The molecule has 0 aliphatic heterocycles. The van der Waals surface area contributed by atoms with Crippen LogP contribution < -0.4 is 9.44 Å². The predicted molar refractivity (Wildman–Crippen MR) is 66.6 cm³/mol. The molecular formula is C11H18N2O2S. The van der Waals surface area contributed by atoms with Crippen LogP contribution in [0.25, 0.3) is 0 Å². The zero-order valence-electron chi connectivity index (χ0n) is 10.0. The van der Waals surface area contributed by atoms with Gasteiger partial charge in [-0.05, 0) is 39.8 Å². The van der Waals surface area contributed by atoms with E-state index in [1.54, 1.807) is 32.9 Å². The van der Waals surface area contributed by atoms with Gasteiger partial charge in [-0.2, -0.15) is 13.1 Å². The molecule has 0 spiro atoms. The quantitative estimate of drug-likeness (QED) is 0.852. The first-order valence-electron chi connectivity index (χ1n) is 5.06. The van der Waals surface area contributed by atoms with Crippen LogP contribution in [0.1, 0.15) is 26.3 Å². The molecule has 0 saturated carbocycles. The maximum atomic E-state index is 11.7. The van der Waals surface area contributed by atoms with Crippen LogP contribution in [0.4, 0.5) is 5.69 Å². The van der Waals surface area contributed by atoms with E-state index in [-0.39, 0.29) is 0 Å². The van der Waals surface area contributed by atoms with Gasteiger partial charge in [-0.1, -0.05) is 17.7 Å². The number of nitrogens with one attached hydrogen (secondary N) is 2. The Kier molecular flexibility index (Phi) is 3.60. The minimum Gasteiger partial charge on any atom is -0.271 e. The third kappa shape index (κ3) is 4.63. The molecule has 0 radical (unpaired) electrons. The van der Waals surface area contributed by atoms with Gasteiger partial charge >= 0.3 is 0 Å². The van der Waals surface area contributed by atoms with Crippen molar-refractivity contribution in [1.82, 2.24) is 4.72 Å². The lowest BCUT2D eigenvalue weighted by Gasteiger charge is -2.20. The SMILES string of the molecule is Cc1ccc(NS(=O)(=O)NC(C)(C)C)cc1. The van der Waals surface area contributed by atoms with Crippen LogP contribution in [0.2, 0.25) is 0 Å². The number of hydrogen-bond acceptors (Lipinski definition) is 2. The molecule has 2 N–H and O–H groups in total. The lowest BCUT2D eigenvalue weighted by Crippen LogP contribution is -2.43. The van der Waals surface area contributed by atoms with Crippen LogP contribution in [0.15, 0.2) is 24.3 Å². The molecule has 5 heteroatoms. The topological polar surface area (TPSA) is 58.2 Å². The van der Waals surface area contributed by atoms with Gasteiger partial charge in [0.05, 0.1) is 0 Å². The molecule has 16 heavy (non-hydrogen) atoms.